The molecule has 1 amide bonds. The van der Waals surface area contributed by atoms with E-state index in [0.29, 0.717) is 12.5 Å². The molecule has 1 aromatic carbocycles. The minimum Gasteiger partial charge on any atom is -0.444 e. The second-order valence-corrected chi connectivity index (χ2v) is 7.81. The number of aryl methyl sites for hydroxylation is 1. The van der Waals surface area contributed by atoms with Crippen LogP contribution in [-0.4, -0.2) is 46.4 Å². The molecule has 1 atom stereocenters. The van der Waals surface area contributed by atoms with Gasteiger partial charge >= 0.3 is 12.1 Å². The number of nitrogens with two attached hydrogens (primary N) is 1. The van der Waals surface area contributed by atoms with E-state index < -0.39 is 5.60 Å². The van der Waals surface area contributed by atoms with Gasteiger partial charge in [-0.05, 0) is 58.2 Å². The van der Waals surface area contributed by atoms with Gasteiger partial charge in [0.1, 0.15) is 11.3 Å². The van der Waals surface area contributed by atoms with Crippen molar-refractivity contribution in [2.24, 2.45) is 16.6 Å². The van der Waals surface area contributed by atoms with Crippen molar-refractivity contribution in [1.29, 1.82) is 0 Å². The summed E-state index contributed by atoms with van der Waals surface area (Å²) in [5, 5.41) is 0. The lowest BCUT2D eigenvalue weighted by Gasteiger charge is -2.32. The molecule has 1 fully saturated rings. The van der Waals surface area contributed by atoms with Gasteiger partial charge in [-0.15, -0.1) is 0 Å². The number of ether oxygens (including phenoxy) is 1. The lowest BCUT2D eigenvalue weighted by Crippen LogP contribution is -2.44. The monoisotopic (exact) mass is 343 g/mol. The number of hydrogen-bond acceptors (Lipinski definition) is 4. The molecule has 6 nitrogen and oxygen atoms in total. The second kappa shape index (κ2) is 6.50. The van der Waals surface area contributed by atoms with E-state index in [9.17, 15) is 4.79 Å². The highest BCUT2D eigenvalue weighted by molar-refractivity contribution is 5.88. The fourth-order valence-electron chi connectivity index (χ4n) is 3.22. The van der Waals surface area contributed by atoms with E-state index in [-0.39, 0.29) is 12.0 Å². The Morgan fingerprint density at radius 3 is 2.92 bits per heavy atom. The van der Waals surface area contributed by atoms with Crippen LogP contribution in [0.3, 0.4) is 0 Å². The molecule has 0 aliphatic carbocycles. The summed E-state index contributed by atoms with van der Waals surface area (Å²) in [5.41, 5.74) is 8.69. The lowest BCUT2D eigenvalue weighted by molar-refractivity contribution is -0.300. The van der Waals surface area contributed by atoms with Crippen molar-refractivity contribution in [1.82, 2.24) is 4.90 Å². The van der Waals surface area contributed by atoms with E-state index in [2.05, 4.69) is 17.3 Å². The largest absolute Gasteiger partial charge is 0.444 e. The molecule has 25 heavy (non-hydrogen) atoms. The third kappa shape index (κ3) is 4.00. The van der Waals surface area contributed by atoms with Crippen LogP contribution in [0.25, 0.3) is 0 Å². The van der Waals surface area contributed by atoms with Crippen LogP contribution >= 0.6 is 0 Å². The quantitative estimate of drug-likeness (QED) is 0.795. The molecule has 134 valence electrons. The summed E-state index contributed by atoms with van der Waals surface area (Å²) < 4.78 is 7.44. The molecule has 0 aromatic heterocycles. The number of nitrogens with zero attached hydrogens (tertiary/aromatic N) is 3. The summed E-state index contributed by atoms with van der Waals surface area (Å²) in [4.78, 5) is 18.6. The van der Waals surface area contributed by atoms with E-state index in [0.717, 1.165) is 36.3 Å². The van der Waals surface area contributed by atoms with Crippen LogP contribution in [0.5, 0.6) is 0 Å². The molecule has 6 heteroatoms. The molecule has 3 rings (SSSR count). The lowest BCUT2D eigenvalue weighted by atomic mass is 9.99. The summed E-state index contributed by atoms with van der Waals surface area (Å²) in [6.45, 7) is 9.08. The average molecular weight is 343 g/mol. The van der Waals surface area contributed by atoms with Crippen molar-refractivity contribution in [3.63, 3.8) is 0 Å². The minimum atomic E-state index is -0.476. The molecule has 1 unspecified atom stereocenters. The fourth-order valence-corrected chi connectivity index (χ4v) is 3.22. The van der Waals surface area contributed by atoms with Gasteiger partial charge in [-0.25, -0.2) is 9.37 Å². The molecule has 1 saturated heterocycles. The Labute approximate surface area is 149 Å². The van der Waals surface area contributed by atoms with Crippen LogP contribution in [0.4, 0.5) is 16.2 Å². The molecular weight excluding hydrogens is 316 g/mol. The van der Waals surface area contributed by atoms with Crippen LogP contribution in [0.15, 0.2) is 23.2 Å². The maximum atomic E-state index is 12.3. The Bertz CT molecular complexity index is 746. The summed E-state index contributed by atoms with van der Waals surface area (Å²) >= 11 is 0. The van der Waals surface area contributed by atoms with Crippen molar-refractivity contribution in [2.45, 2.75) is 46.1 Å². The third-order valence-corrected chi connectivity index (χ3v) is 4.34. The molecule has 0 radical (unpaired) electrons. The maximum Gasteiger partial charge on any atom is 0.410 e. The van der Waals surface area contributed by atoms with Crippen molar-refractivity contribution in [3.8, 4) is 0 Å². The highest BCUT2D eigenvalue weighted by Crippen LogP contribution is 2.33. The van der Waals surface area contributed by atoms with Gasteiger partial charge in [0.25, 0.3) is 0 Å². The van der Waals surface area contributed by atoms with Gasteiger partial charge in [0, 0.05) is 19.0 Å². The van der Waals surface area contributed by atoms with E-state index in [1.807, 2.05) is 44.4 Å². The van der Waals surface area contributed by atoms with Gasteiger partial charge in [0.05, 0.1) is 6.21 Å². The van der Waals surface area contributed by atoms with E-state index in [4.69, 9.17) is 10.5 Å². The number of likely N-dealkylation sites (tertiary alicyclic amines) is 1. The first-order chi connectivity index (χ1) is 11.7. The first kappa shape index (κ1) is 17.5. The molecule has 2 aliphatic rings. The standard InChI is InChI=1S/C19H27N4O2/c1-13-7-8-16-15(10-13)21-17(20)23(16)12-14-6-5-9-22(11-14)18(24)25-19(2,3)4/h7-8,10,12,14H,5-6,9,11H2,1-4H3,(H2,20,21)/q+1. The topological polar surface area (TPSA) is 70.9 Å². The minimum absolute atomic E-state index is 0.224. The first-order valence-corrected chi connectivity index (χ1v) is 8.80. The zero-order chi connectivity index (χ0) is 18.2. The number of guanidine groups is 1. The van der Waals surface area contributed by atoms with Gasteiger partial charge in [0.2, 0.25) is 0 Å². The SMILES string of the molecule is Cc1ccc2c(c1)N=C(N)[N+]2=CC1CCCN(C(=O)OC(C)(C)C)C1. The van der Waals surface area contributed by atoms with Crippen molar-refractivity contribution >= 4 is 29.6 Å². The van der Waals surface area contributed by atoms with Gasteiger partial charge in [-0.2, -0.15) is 0 Å². The number of carbonyl (C=O) groups is 1. The molecule has 0 spiro atoms. The number of benzene rings is 1. The summed E-state index contributed by atoms with van der Waals surface area (Å²) in [5.74, 6) is 0.706. The number of piperidine rings is 1. The fraction of sp³-hybridized carbons (Fsp3) is 0.526. The van der Waals surface area contributed by atoms with Crippen LogP contribution in [0.1, 0.15) is 39.2 Å². The molecular formula is C19H27N4O2+. The Morgan fingerprint density at radius 1 is 1.44 bits per heavy atom. The molecule has 1 aromatic rings. The highest BCUT2D eigenvalue weighted by Gasteiger charge is 2.30. The summed E-state index contributed by atoms with van der Waals surface area (Å²) in [7, 11) is 0. The first-order valence-electron chi connectivity index (χ1n) is 8.80. The Hall–Kier alpha value is -2.37. The number of amides is 1. The van der Waals surface area contributed by atoms with Crippen molar-refractivity contribution in [3.05, 3.63) is 23.8 Å². The molecule has 2 aliphatic heterocycles. The third-order valence-electron chi connectivity index (χ3n) is 4.34. The van der Waals surface area contributed by atoms with E-state index in [1.165, 1.54) is 0 Å². The highest BCUT2D eigenvalue weighted by atomic mass is 16.6. The normalized spacial score (nSPS) is 21.9. The van der Waals surface area contributed by atoms with Crippen LogP contribution in [0.2, 0.25) is 0 Å². The Kier molecular flexibility index (Phi) is 4.54. The van der Waals surface area contributed by atoms with Crippen LogP contribution in [0, 0.1) is 12.8 Å². The van der Waals surface area contributed by atoms with Crippen LogP contribution in [-0.2, 0) is 4.74 Å². The zero-order valence-corrected chi connectivity index (χ0v) is 15.5. The molecule has 2 heterocycles. The van der Waals surface area contributed by atoms with E-state index >= 15 is 0 Å². The number of hydrogen-bond donors (Lipinski definition) is 1. The van der Waals surface area contributed by atoms with Crippen molar-refractivity contribution < 1.29 is 14.1 Å². The van der Waals surface area contributed by atoms with Gasteiger partial charge in [-0.1, -0.05) is 11.1 Å². The second-order valence-electron chi connectivity index (χ2n) is 7.81. The summed E-state index contributed by atoms with van der Waals surface area (Å²) in [6.07, 6.45) is 3.82. The van der Waals surface area contributed by atoms with Crippen molar-refractivity contribution in [2.75, 3.05) is 13.1 Å². The van der Waals surface area contributed by atoms with Gasteiger partial charge in [-0.3, -0.25) is 5.73 Å². The molecule has 2 N–H and O–H groups in total. The van der Waals surface area contributed by atoms with Crippen LogP contribution < -0.4 is 5.73 Å². The van der Waals surface area contributed by atoms with Gasteiger partial charge in [0.15, 0.2) is 5.69 Å². The number of rotatable bonds is 1. The number of fused-ring (bicyclic) bond motifs is 1. The maximum absolute atomic E-state index is 12.3. The predicted octanol–water partition coefficient (Wildman–Crippen LogP) is 3.32. The molecule has 0 saturated carbocycles. The number of carbonyl (C=O) groups excluding carboxylic acids is 1. The summed E-state index contributed by atoms with van der Waals surface area (Å²) in [6, 6.07) is 6.13. The van der Waals surface area contributed by atoms with E-state index in [1.54, 1.807) is 4.90 Å². The average Bonchev–Trinajstić information content (AvgIpc) is 2.81. The Morgan fingerprint density at radius 2 is 2.20 bits per heavy atom. The van der Waals surface area contributed by atoms with Gasteiger partial charge < -0.3 is 9.64 Å². The smallest absolute Gasteiger partial charge is 0.410 e. The predicted molar refractivity (Wildman–Crippen MR) is 99.0 cm³/mol. The zero-order valence-electron chi connectivity index (χ0n) is 15.5. The molecule has 0 bridgehead atoms. The Balaban J connectivity index is 1.76. The number of aliphatic imine (C=N–C) groups is 1.